The first-order chi connectivity index (χ1) is 9.35. The second kappa shape index (κ2) is 5.68. The second-order valence-corrected chi connectivity index (χ2v) is 5.38. The Hall–Kier alpha value is -1.45. The molecule has 3 nitrogen and oxygen atoms in total. The predicted octanol–water partition coefficient (Wildman–Crippen LogP) is 2.42. The van der Waals surface area contributed by atoms with Crippen LogP contribution in [0.2, 0.25) is 0 Å². The minimum atomic E-state index is 0.700. The number of rotatable bonds is 3. The van der Waals surface area contributed by atoms with Crippen LogP contribution in [0.3, 0.4) is 0 Å². The molecule has 0 radical (unpaired) electrons. The molecule has 1 aliphatic heterocycles. The fourth-order valence-corrected chi connectivity index (χ4v) is 2.84. The summed E-state index contributed by atoms with van der Waals surface area (Å²) in [6, 6.07) is 11.3. The van der Waals surface area contributed by atoms with Gasteiger partial charge in [-0.3, -0.25) is 9.88 Å². The number of aromatic nitrogens is 1. The van der Waals surface area contributed by atoms with E-state index in [-0.39, 0.29) is 0 Å². The van der Waals surface area contributed by atoms with E-state index in [4.69, 9.17) is 0 Å². The molecule has 2 heterocycles. The first-order valence-corrected chi connectivity index (χ1v) is 7.08. The fourth-order valence-electron chi connectivity index (χ4n) is 2.84. The molecule has 0 atom stereocenters. The van der Waals surface area contributed by atoms with Crippen molar-refractivity contribution in [1.82, 2.24) is 15.2 Å². The molecule has 1 aromatic heterocycles. The van der Waals surface area contributed by atoms with Crippen LogP contribution in [0.15, 0.2) is 36.5 Å². The molecule has 0 unspecified atom stereocenters. The van der Waals surface area contributed by atoms with Crippen molar-refractivity contribution in [2.24, 2.45) is 0 Å². The van der Waals surface area contributed by atoms with Gasteiger partial charge in [-0.2, -0.15) is 0 Å². The first-order valence-electron chi connectivity index (χ1n) is 7.08. The summed E-state index contributed by atoms with van der Waals surface area (Å²) >= 11 is 0. The summed E-state index contributed by atoms with van der Waals surface area (Å²) in [5.74, 6) is 0. The topological polar surface area (TPSA) is 28.2 Å². The van der Waals surface area contributed by atoms with E-state index < -0.39 is 0 Å². The van der Waals surface area contributed by atoms with Crippen LogP contribution in [0.25, 0.3) is 10.9 Å². The molecule has 3 heteroatoms. The van der Waals surface area contributed by atoms with Gasteiger partial charge in [0.2, 0.25) is 0 Å². The number of nitrogens with zero attached hydrogens (tertiary/aromatic N) is 2. The minimum Gasteiger partial charge on any atom is -0.317 e. The fraction of sp³-hybridized carbons (Fsp3) is 0.438. The van der Waals surface area contributed by atoms with Gasteiger partial charge in [-0.25, -0.2) is 0 Å². The summed E-state index contributed by atoms with van der Waals surface area (Å²) in [4.78, 5) is 7.07. The number of fused-ring (bicyclic) bond motifs is 1. The summed E-state index contributed by atoms with van der Waals surface area (Å²) in [7, 11) is 2.06. The van der Waals surface area contributed by atoms with E-state index in [2.05, 4.69) is 46.5 Å². The Morgan fingerprint density at radius 3 is 2.84 bits per heavy atom. The molecule has 1 aliphatic rings. The Labute approximate surface area is 114 Å². The quantitative estimate of drug-likeness (QED) is 0.913. The van der Waals surface area contributed by atoms with Crippen molar-refractivity contribution < 1.29 is 0 Å². The molecule has 0 spiro atoms. The first kappa shape index (κ1) is 12.6. The summed E-state index contributed by atoms with van der Waals surface area (Å²) in [5, 5.41) is 4.61. The van der Waals surface area contributed by atoms with Gasteiger partial charge in [0, 0.05) is 24.2 Å². The molecule has 0 bridgehead atoms. The molecule has 1 aromatic carbocycles. The van der Waals surface area contributed by atoms with Crippen molar-refractivity contribution in [3.05, 3.63) is 42.1 Å². The van der Waals surface area contributed by atoms with Crippen LogP contribution < -0.4 is 5.32 Å². The molecule has 0 saturated carbocycles. The van der Waals surface area contributed by atoms with Crippen LogP contribution in [0, 0.1) is 0 Å². The van der Waals surface area contributed by atoms with Crippen molar-refractivity contribution in [1.29, 1.82) is 0 Å². The van der Waals surface area contributed by atoms with Gasteiger partial charge in [0.25, 0.3) is 0 Å². The third kappa shape index (κ3) is 2.94. The van der Waals surface area contributed by atoms with Crippen LogP contribution >= 0.6 is 0 Å². The van der Waals surface area contributed by atoms with Crippen LogP contribution in [0.5, 0.6) is 0 Å². The number of hydrogen-bond acceptors (Lipinski definition) is 3. The van der Waals surface area contributed by atoms with Gasteiger partial charge >= 0.3 is 0 Å². The monoisotopic (exact) mass is 255 g/mol. The lowest BCUT2D eigenvalue weighted by Gasteiger charge is -2.31. The number of pyridine rings is 1. The predicted molar refractivity (Wildman–Crippen MR) is 79.1 cm³/mol. The lowest BCUT2D eigenvalue weighted by atomic mass is 10.0. The van der Waals surface area contributed by atoms with E-state index in [1.165, 1.54) is 36.9 Å². The maximum atomic E-state index is 4.54. The van der Waals surface area contributed by atoms with Crippen LogP contribution in [0.1, 0.15) is 18.4 Å². The largest absolute Gasteiger partial charge is 0.317 e. The molecule has 19 heavy (non-hydrogen) atoms. The second-order valence-electron chi connectivity index (χ2n) is 5.38. The maximum Gasteiger partial charge on any atom is 0.0702 e. The van der Waals surface area contributed by atoms with Crippen LogP contribution in [-0.2, 0) is 6.54 Å². The van der Waals surface area contributed by atoms with Crippen LogP contribution in [0.4, 0.5) is 0 Å². The number of piperidine rings is 1. The van der Waals surface area contributed by atoms with Crippen LogP contribution in [-0.4, -0.2) is 36.1 Å². The summed E-state index contributed by atoms with van der Waals surface area (Å²) in [6.45, 7) is 3.38. The Kier molecular flexibility index (Phi) is 3.76. The number of benzene rings is 1. The number of hydrogen-bond donors (Lipinski definition) is 1. The van der Waals surface area contributed by atoms with E-state index in [1.807, 2.05) is 12.3 Å². The molecule has 100 valence electrons. The molecule has 2 aromatic rings. The van der Waals surface area contributed by atoms with E-state index >= 15 is 0 Å². The highest BCUT2D eigenvalue weighted by Gasteiger charge is 2.17. The van der Waals surface area contributed by atoms with Crippen molar-refractivity contribution in [2.75, 3.05) is 20.1 Å². The lowest BCUT2D eigenvalue weighted by molar-refractivity contribution is 0.194. The Morgan fingerprint density at radius 1 is 1.26 bits per heavy atom. The zero-order valence-electron chi connectivity index (χ0n) is 11.5. The third-order valence-corrected chi connectivity index (χ3v) is 4.05. The number of nitrogens with one attached hydrogen (secondary N) is 1. The molecule has 0 amide bonds. The lowest BCUT2D eigenvalue weighted by Crippen LogP contribution is -2.40. The highest BCUT2D eigenvalue weighted by Crippen LogP contribution is 2.16. The average molecular weight is 255 g/mol. The highest BCUT2D eigenvalue weighted by molar-refractivity contribution is 5.78. The van der Waals surface area contributed by atoms with E-state index in [1.54, 1.807) is 0 Å². The van der Waals surface area contributed by atoms with Crippen molar-refractivity contribution in [2.45, 2.75) is 25.4 Å². The van der Waals surface area contributed by atoms with Crippen molar-refractivity contribution in [3.8, 4) is 0 Å². The molecular weight excluding hydrogens is 234 g/mol. The van der Waals surface area contributed by atoms with Gasteiger partial charge in [-0.15, -0.1) is 0 Å². The summed E-state index contributed by atoms with van der Waals surface area (Å²) in [6.07, 6.45) is 4.52. The molecule has 3 rings (SSSR count). The average Bonchev–Trinajstić information content (AvgIpc) is 2.48. The number of likely N-dealkylation sites (tertiary alicyclic amines) is 1. The van der Waals surface area contributed by atoms with Crippen molar-refractivity contribution >= 4 is 10.9 Å². The SMILES string of the molecule is CNC1CCN(Cc2cnc3ccccc3c2)CC1. The zero-order valence-corrected chi connectivity index (χ0v) is 11.5. The Morgan fingerprint density at radius 2 is 2.05 bits per heavy atom. The van der Waals surface area contributed by atoms with Gasteiger partial charge in [0.15, 0.2) is 0 Å². The number of para-hydroxylation sites is 1. The Bertz CT molecular complexity index is 544. The standard InChI is InChI=1S/C16H21N3/c1-17-15-6-8-19(9-7-15)12-13-10-14-4-2-3-5-16(14)18-11-13/h2-5,10-11,15,17H,6-9,12H2,1H3. The van der Waals surface area contributed by atoms with Gasteiger partial charge in [-0.05, 0) is 50.7 Å². The minimum absolute atomic E-state index is 0.700. The maximum absolute atomic E-state index is 4.54. The molecule has 1 N–H and O–H groups in total. The third-order valence-electron chi connectivity index (χ3n) is 4.05. The summed E-state index contributed by atoms with van der Waals surface area (Å²) < 4.78 is 0. The molecular formula is C16H21N3. The Balaban J connectivity index is 1.68. The smallest absolute Gasteiger partial charge is 0.0702 e. The van der Waals surface area contributed by atoms with Gasteiger partial charge in [0.05, 0.1) is 5.52 Å². The van der Waals surface area contributed by atoms with Crippen molar-refractivity contribution in [3.63, 3.8) is 0 Å². The molecule has 0 aliphatic carbocycles. The zero-order chi connectivity index (χ0) is 13.1. The molecule has 1 saturated heterocycles. The van der Waals surface area contributed by atoms with Gasteiger partial charge in [-0.1, -0.05) is 18.2 Å². The normalized spacial score (nSPS) is 17.9. The van der Waals surface area contributed by atoms with E-state index in [9.17, 15) is 0 Å². The van der Waals surface area contributed by atoms with Gasteiger partial charge < -0.3 is 5.32 Å². The highest BCUT2D eigenvalue weighted by atomic mass is 15.1. The van der Waals surface area contributed by atoms with E-state index in [0.717, 1.165) is 12.1 Å². The molecule has 1 fully saturated rings. The summed E-state index contributed by atoms with van der Waals surface area (Å²) in [5.41, 5.74) is 2.40. The van der Waals surface area contributed by atoms with E-state index in [0.29, 0.717) is 6.04 Å². The van der Waals surface area contributed by atoms with Gasteiger partial charge in [0.1, 0.15) is 0 Å².